The Kier molecular flexibility index (Phi) is 7.50. The van der Waals surface area contributed by atoms with Gasteiger partial charge in [-0.05, 0) is 39.0 Å². The molecule has 21 heavy (non-hydrogen) atoms. The van der Waals surface area contributed by atoms with Crippen molar-refractivity contribution in [3.05, 3.63) is 0 Å². The summed E-state index contributed by atoms with van der Waals surface area (Å²) >= 11 is 0. The zero-order valence-corrected chi connectivity index (χ0v) is 13.4. The topological polar surface area (TPSA) is 73.9 Å². The molecule has 0 aliphatic carbocycles. The number of alkyl carbamates (subject to hydrolysis) is 1. The third kappa shape index (κ3) is 5.53. The fraction of sp³-hybridized carbons (Fsp3) is 0.867. The van der Waals surface area contributed by atoms with E-state index >= 15 is 0 Å². The molecule has 1 fully saturated rings. The molecule has 1 amide bonds. The number of methoxy groups -OCH3 is 1. The maximum Gasteiger partial charge on any atom is 0.407 e. The molecule has 1 heterocycles. The number of hydrogen-bond donors (Lipinski definition) is 1. The molecule has 0 aromatic heterocycles. The van der Waals surface area contributed by atoms with Gasteiger partial charge in [-0.25, -0.2) is 9.59 Å². The fourth-order valence-electron chi connectivity index (χ4n) is 2.87. The predicted molar refractivity (Wildman–Crippen MR) is 77.9 cm³/mol. The van der Waals surface area contributed by atoms with Gasteiger partial charge in [0.05, 0.1) is 25.9 Å². The van der Waals surface area contributed by atoms with Crippen molar-refractivity contribution in [1.82, 2.24) is 5.32 Å². The van der Waals surface area contributed by atoms with E-state index in [2.05, 4.69) is 17.0 Å². The van der Waals surface area contributed by atoms with Crippen LogP contribution in [-0.2, 0) is 19.0 Å². The first kappa shape index (κ1) is 17.8. The molecule has 122 valence electrons. The summed E-state index contributed by atoms with van der Waals surface area (Å²) in [4.78, 5) is 23.6. The highest BCUT2D eigenvalue weighted by Gasteiger charge is 2.37. The molecule has 0 saturated carbocycles. The zero-order chi connectivity index (χ0) is 15.8. The number of hydrogen-bond acceptors (Lipinski definition) is 5. The third-order valence-corrected chi connectivity index (χ3v) is 3.71. The van der Waals surface area contributed by atoms with E-state index in [1.165, 1.54) is 7.11 Å². The number of ether oxygens (including phenoxy) is 3. The highest BCUT2D eigenvalue weighted by molar-refractivity contribution is 5.81. The van der Waals surface area contributed by atoms with Crippen LogP contribution in [0.4, 0.5) is 4.79 Å². The summed E-state index contributed by atoms with van der Waals surface area (Å²) in [5.74, 6) is -0.402. The molecule has 1 aliphatic heterocycles. The molecule has 0 bridgehead atoms. The van der Waals surface area contributed by atoms with Gasteiger partial charge in [-0.15, -0.1) is 0 Å². The van der Waals surface area contributed by atoms with Crippen molar-refractivity contribution in [3.63, 3.8) is 0 Å². The van der Waals surface area contributed by atoms with Crippen molar-refractivity contribution in [2.24, 2.45) is 5.92 Å². The van der Waals surface area contributed by atoms with Crippen LogP contribution in [0.5, 0.6) is 0 Å². The Labute approximate surface area is 126 Å². The van der Waals surface area contributed by atoms with Crippen LogP contribution in [0.15, 0.2) is 0 Å². The average Bonchev–Trinajstić information content (AvgIpc) is 2.44. The van der Waals surface area contributed by atoms with Crippen molar-refractivity contribution in [2.45, 2.75) is 64.7 Å². The van der Waals surface area contributed by atoms with Crippen molar-refractivity contribution in [2.75, 3.05) is 13.7 Å². The van der Waals surface area contributed by atoms with Crippen LogP contribution >= 0.6 is 0 Å². The van der Waals surface area contributed by atoms with Crippen LogP contribution in [0.25, 0.3) is 0 Å². The van der Waals surface area contributed by atoms with Gasteiger partial charge in [0.15, 0.2) is 0 Å². The van der Waals surface area contributed by atoms with Crippen LogP contribution in [-0.4, -0.2) is 44.0 Å². The summed E-state index contributed by atoms with van der Waals surface area (Å²) in [6, 6.07) is -0.678. The molecule has 1 aliphatic rings. The molecular formula is C15H27NO5. The molecule has 1 saturated heterocycles. The molecular weight excluding hydrogens is 274 g/mol. The Morgan fingerprint density at radius 3 is 2.62 bits per heavy atom. The normalized spacial score (nSPS) is 26.8. The molecule has 4 atom stereocenters. The Bertz CT molecular complexity index is 347. The largest absolute Gasteiger partial charge is 0.464 e. The standard InChI is InChI=1S/C15H27NO5/c1-5-7-12-9-11(8-10(3)21-12)13(14(17)20-6-2)16-15(18)19-4/h10-13H,5-9H2,1-4H3,(H,16,18)/t10-,11+,12?,13+/m1/s1. The first-order valence-corrected chi connectivity index (χ1v) is 7.68. The monoisotopic (exact) mass is 301 g/mol. The van der Waals surface area contributed by atoms with Gasteiger partial charge in [0.25, 0.3) is 0 Å². The Morgan fingerprint density at radius 1 is 1.33 bits per heavy atom. The highest BCUT2D eigenvalue weighted by atomic mass is 16.5. The molecule has 1 rings (SSSR count). The lowest BCUT2D eigenvalue weighted by Crippen LogP contribution is -2.50. The van der Waals surface area contributed by atoms with Gasteiger partial charge in [0.2, 0.25) is 0 Å². The van der Waals surface area contributed by atoms with Crippen LogP contribution in [0.1, 0.15) is 46.5 Å². The lowest BCUT2D eigenvalue weighted by atomic mass is 9.84. The van der Waals surface area contributed by atoms with Gasteiger partial charge >= 0.3 is 12.1 Å². The summed E-state index contributed by atoms with van der Waals surface area (Å²) in [5.41, 5.74) is 0. The van der Waals surface area contributed by atoms with Gasteiger partial charge in [-0.3, -0.25) is 0 Å². The van der Waals surface area contributed by atoms with E-state index in [1.807, 2.05) is 6.92 Å². The lowest BCUT2D eigenvalue weighted by Gasteiger charge is -2.37. The van der Waals surface area contributed by atoms with Gasteiger partial charge < -0.3 is 19.5 Å². The number of carbonyl (C=O) groups is 2. The number of carbonyl (C=O) groups excluding carboxylic acids is 2. The molecule has 0 spiro atoms. The van der Waals surface area contributed by atoms with Crippen LogP contribution in [0.3, 0.4) is 0 Å². The van der Waals surface area contributed by atoms with Gasteiger partial charge in [0.1, 0.15) is 6.04 Å². The van der Waals surface area contributed by atoms with E-state index < -0.39 is 18.1 Å². The Morgan fingerprint density at radius 2 is 2.05 bits per heavy atom. The van der Waals surface area contributed by atoms with Crippen LogP contribution < -0.4 is 5.32 Å². The number of esters is 1. The maximum absolute atomic E-state index is 12.1. The second-order valence-electron chi connectivity index (χ2n) is 5.45. The quantitative estimate of drug-likeness (QED) is 0.762. The van der Waals surface area contributed by atoms with Crippen molar-refractivity contribution in [3.8, 4) is 0 Å². The van der Waals surface area contributed by atoms with Crippen molar-refractivity contribution in [1.29, 1.82) is 0 Å². The minimum atomic E-state index is -0.678. The summed E-state index contributed by atoms with van der Waals surface area (Å²) in [7, 11) is 1.28. The Hall–Kier alpha value is -1.30. The zero-order valence-electron chi connectivity index (χ0n) is 13.4. The second kappa shape index (κ2) is 8.87. The van der Waals surface area contributed by atoms with Gasteiger partial charge in [0, 0.05) is 0 Å². The predicted octanol–water partition coefficient (Wildman–Crippen LogP) is 2.26. The number of amides is 1. The maximum atomic E-state index is 12.1. The average molecular weight is 301 g/mol. The van der Waals surface area contributed by atoms with E-state index in [1.54, 1.807) is 6.92 Å². The molecule has 6 nitrogen and oxygen atoms in total. The molecule has 0 radical (unpaired) electrons. The lowest BCUT2D eigenvalue weighted by molar-refractivity contribution is -0.150. The summed E-state index contributed by atoms with van der Waals surface area (Å²) in [6.07, 6.45) is 3.02. The molecule has 0 aromatic rings. The van der Waals surface area contributed by atoms with E-state index in [9.17, 15) is 9.59 Å². The summed E-state index contributed by atoms with van der Waals surface area (Å²) in [6.45, 7) is 6.14. The summed E-state index contributed by atoms with van der Waals surface area (Å²) < 4.78 is 15.6. The van der Waals surface area contributed by atoms with E-state index in [4.69, 9.17) is 9.47 Å². The second-order valence-corrected chi connectivity index (χ2v) is 5.45. The first-order valence-electron chi connectivity index (χ1n) is 7.68. The molecule has 6 heteroatoms. The van der Waals surface area contributed by atoms with E-state index in [0.29, 0.717) is 6.42 Å². The highest BCUT2D eigenvalue weighted by Crippen LogP contribution is 2.30. The SMILES string of the molecule is CCCC1C[C@@H]([C@H](NC(=O)OC)C(=O)OCC)C[C@@H](C)O1. The Balaban J connectivity index is 2.79. The minimum absolute atomic E-state index is 0.00319. The van der Waals surface area contributed by atoms with E-state index in [-0.39, 0.29) is 24.7 Å². The number of nitrogens with one attached hydrogen (secondary N) is 1. The van der Waals surface area contributed by atoms with Crippen molar-refractivity contribution >= 4 is 12.1 Å². The summed E-state index contributed by atoms with van der Waals surface area (Å²) in [5, 5.41) is 2.61. The number of rotatable bonds is 6. The minimum Gasteiger partial charge on any atom is -0.464 e. The van der Waals surface area contributed by atoms with Crippen LogP contribution in [0.2, 0.25) is 0 Å². The van der Waals surface area contributed by atoms with Crippen LogP contribution in [0, 0.1) is 5.92 Å². The van der Waals surface area contributed by atoms with Gasteiger partial charge in [-0.1, -0.05) is 13.3 Å². The van der Waals surface area contributed by atoms with Crippen molar-refractivity contribution < 1.29 is 23.8 Å². The first-order chi connectivity index (χ1) is 10.0. The fourth-order valence-corrected chi connectivity index (χ4v) is 2.87. The smallest absolute Gasteiger partial charge is 0.407 e. The third-order valence-electron chi connectivity index (χ3n) is 3.71. The molecule has 1 unspecified atom stereocenters. The van der Waals surface area contributed by atoms with Gasteiger partial charge in [-0.2, -0.15) is 0 Å². The van der Waals surface area contributed by atoms with E-state index in [0.717, 1.165) is 19.3 Å². The molecule has 1 N–H and O–H groups in total. The molecule has 0 aromatic carbocycles.